The molecule has 0 aliphatic heterocycles. The van der Waals surface area contributed by atoms with Gasteiger partial charge in [-0.15, -0.1) is 11.8 Å². The van der Waals surface area contributed by atoms with Crippen molar-refractivity contribution in [2.24, 2.45) is 0 Å². The van der Waals surface area contributed by atoms with Crippen molar-refractivity contribution in [3.05, 3.63) is 105 Å². The Morgan fingerprint density at radius 1 is 1.03 bits per heavy atom. The lowest BCUT2D eigenvalue weighted by molar-refractivity contribution is 0.603. The molecular formula is C22H16ClFN2O2S2. The monoisotopic (exact) mass is 458 g/mol. The molecule has 0 bridgehead atoms. The summed E-state index contributed by atoms with van der Waals surface area (Å²) < 4.78 is 39.4. The number of benzene rings is 3. The quantitative estimate of drug-likeness (QED) is 0.440. The summed E-state index contributed by atoms with van der Waals surface area (Å²) in [5.74, 6) is -0.0282. The molecule has 0 fully saturated rings. The van der Waals surface area contributed by atoms with Gasteiger partial charge < -0.3 is 5.32 Å². The molecule has 0 saturated heterocycles. The molecular weight excluding hydrogens is 443 g/mol. The summed E-state index contributed by atoms with van der Waals surface area (Å²) >= 11 is 7.17. The van der Waals surface area contributed by atoms with Crippen molar-refractivity contribution in [3.63, 3.8) is 0 Å². The third kappa shape index (κ3) is 5.42. The Bertz CT molecular complexity index is 1210. The molecule has 0 aliphatic carbocycles. The van der Waals surface area contributed by atoms with Gasteiger partial charge in [0.25, 0.3) is 0 Å². The number of anilines is 1. The van der Waals surface area contributed by atoms with E-state index in [0.29, 0.717) is 16.5 Å². The summed E-state index contributed by atoms with van der Waals surface area (Å²) in [5, 5.41) is 13.4. The highest BCUT2D eigenvalue weighted by atomic mass is 35.5. The molecule has 3 aromatic carbocycles. The zero-order valence-electron chi connectivity index (χ0n) is 15.5. The highest BCUT2D eigenvalue weighted by Gasteiger charge is 2.25. The average Bonchev–Trinajstić information content (AvgIpc) is 2.74. The number of hydrogen-bond donors (Lipinski definition) is 1. The summed E-state index contributed by atoms with van der Waals surface area (Å²) in [6, 6.07) is 22.2. The number of halogens is 2. The second kappa shape index (κ2) is 9.81. The van der Waals surface area contributed by atoms with Crippen LogP contribution in [-0.4, -0.2) is 8.42 Å². The second-order valence-corrected chi connectivity index (χ2v) is 9.45. The first-order valence-corrected chi connectivity index (χ1v) is 11.6. The fraction of sp³-hybridized carbons (Fsp3) is 0.0455. The van der Waals surface area contributed by atoms with Gasteiger partial charge in [-0.3, -0.25) is 0 Å². The average molecular weight is 459 g/mol. The Labute approximate surface area is 183 Å². The van der Waals surface area contributed by atoms with Crippen LogP contribution in [0.5, 0.6) is 0 Å². The zero-order chi connectivity index (χ0) is 21.6. The number of rotatable bonds is 7. The van der Waals surface area contributed by atoms with Crippen LogP contribution in [0.3, 0.4) is 0 Å². The first kappa shape index (κ1) is 21.9. The Hall–Kier alpha value is -2.79. The first-order valence-electron chi connectivity index (χ1n) is 8.74. The van der Waals surface area contributed by atoms with Gasteiger partial charge in [0.1, 0.15) is 16.9 Å². The van der Waals surface area contributed by atoms with E-state index in [1.807, 2.05) is 6.07 Å². The molecule has 30 heavy (non-hydrogen) atoms. The SMILES string of the molecule is N#CC(=C(Nc1cccc(Cl)c1)SCc1ccc(F)cc1)S(=O)(=O)c1ccccc1. The molecule has 0 unspecified atom stereocenters. The number of sulfone groups is 1. The van der Waals surface area contributed by atoms with Gasteiger partial charge in [0.15, 0.2) is 4.91 Å². The maximum Gasteiger partial charge on any atom is 0.219 e. The highest BCUT2D eigenvalue weighted by molar-refractivity contribution is 8.04. The largest absolute Gasteiger partial charge is 0.348 e. The van der Waals surface area contributed by atoms with Crippen molar-refractivity contribution in [3.8, 4) is 6.07 Å². The van der Waals surface area contributed by atoms with Crippen LogP contribution < -0.4 is 5.32 Å². The van der Waals surface area contributed by atoms with Crippen molar-refractivity contribution < 1.29 is 12.8 Å². The Morgan fingerprint density at radius 3 is 2.37 bits per heavy atom. The van der Waals surface area contributed by atoms with Crippen LogP contribution in [-0.2, 0) is 15.6 Å². The minimum absolute atomic E-state index is 0.0225. The smallest absolute Gasteiger partial charge is 0.219 e. The summed E-state index contributed by atoms with van der Waals surface area (Å²) in [7, 11) is -4.05. The van der Waals surface area contributed by atoms with E-state index in [2.05, 4.69) is 5.32 Å². The van der Waals surface area contributed by atoms with Crippen LogP contribution >= 0.6 is 23.4 Å². The molecule has 0 heterocycles. The molecule has 0 spiro atoms. The number of hydrogen-bond acceptors (Lipinski definition) is 5. The van der Waals surface area contributed by atoms with Crippen LogP contribution in [0.25, 0.3) is 0 Å². The van der Waals surface area contributed by atoms with Crippen molar-refractivity contribution in [2.45, 2.75) is 10.6 Å². The van der Waals surface area contributed by atoms with Gasteiger partial charge in [-0.1, -0.05) is 48.0 Å². The second-order valence-electron chi connectivity index (χ2n) is 6.14. The molecule has 152 valence electrons. The highest BCUT2D eigenvalue weighted by Crippen LogP contribution is 2.31. The van der Waals surface area contributed by atoms with Crippen LogP contribution in [0, 0.1) is 17.1 Å². The van der Waals surface area contributed by atoms with Crippen molar-refractivity contribution in [2.75, 3.05) is 5.32 Å². The lowest BCUT2D eigenvalue weighted by Gasteiger charge is -2.14. The number of allylic oxidation sites excluding steroid dienone is 1. The molecule has 4 nitrogen and oxygen atoms in total. The molecule has 0 amide bonds. The van der Waals surface area contributed by atoms with E-state index in [4.69, 9.17) is 11.6 Å². The lowest BCUT2D eigenvalue weighted by Crippen LogP contribution is -2.10. The minimum atomic E-state index is -4.05. The Kier molecular flexibility index (Phi) is 7.16. The van der Waals surface area contributed by atoms with Crippen molar-refractivity contribution in [1.29, 1.82) is 5.26 Å². The van der Waals surface area contributed by atoms with E-state index in [1.165, 1.54) is 24.3 Å². The summed E-state index contributed by atoms with van der Waals surface area (Å²) in [5.41, 5.74) is 1.32. The van der Waals surface area contributed by atoms with E-state index in [9.17, 15) is 18.1 Å². The minimum Gasteiger partial charge on any atom is -0.348 e. The van der Waals surface area contributed by atoms with E-state index in [-0.39, 0.29) is 15.7 Å². The zero-order valence-corrected chi connectivity index (χ0v) is 17.9. The van der Waals surface area contributed by atoms with Crippen LogP contribution in [0.15, 0.2) is 93.7 Å². The molecule has 0 aliphatic rings. The molecule has 3 rings (SSSR count). The van der Waals surface area contributed by atoms with Crippen LogP contribution in [0.4, 0.5) is 10.1 Å². The van der Waals surface area contributed by atoms with E-state index >= 15 is 0 Å². The summed E-state index contributed by atoms with van der Waals surface area (Å²) in [6.07, 6.45) is 0. The Morgan fingerprint density at radius 2 is 1.73 bits per heavy atom. The molecule has 3 aromatic rings. The molecule has 0 saturated carbocycles. The molecule has 1 N–H and O–H groups in total. The number of thioether (sulfide) groups is 1. The molecule has 0 aromatic heterocycles. The summed E-state index contributed by atoms with van der Waals surface area (Å²) in [6.45, 7) is 0. The van der Waals surface area contributed by atoms with Gasteiger partial charge in [0.05, 0.1) is 4.90 Å². The van der Waals surface area contributed by atoms with E-state index in [1.54, 1.807) is 54.6 Å². The maximum absolute atomic E-state index is 13.2. The number of nitrogens with one attached hydrogen (secondary N) is 1. The molecule has 0 atom stereocenters. The standard InChI is InChI=1S/C22H16ClFN2O2S2/c23-17-5-4-6-19(13-17)26-22(29-15-16-9-11-18(24)12-10-16)21(14-25)30(27,28)20-7-2-1-3-8-20/h1-13,26H,15H2. The van der Waals surface area contributed by atoms with Gasteiger partial charge in [0.2, 0.25) is 9.84 Å². The number of nitriles is 1. The van der Waals surface area contributed by atoms with Crippen molar-refractivity contribution in [1.82, 2.24) is 0 Å². The van der Waals surface area contributed by atoms with Crippen LogP contribution in [0.2, 0.25) is 5.02 Å². The van der Waals surface area contributed by atoms with Gasteiger partial charge >= 0.3 is 0 Å². The summed E-state index contributed by atoms with van der Waals surface area (Å²) in [4.78, 5) is -0.380. The normalized spacial score (nSPS) is 12.0. The molecule has 0 radical (unpaired) electrons. The maximum atomic E-state index is 13.2. The van der Waals surface area contributed by atoms with Crippen LogP contribution in [0.1, 0.15) is 5.56 Å². The Balaban J connectivity index is 2.03. The van der Waals surface area contributed by atoms with Crippen molar-refractivity contribution >= 4 is 38.9 Å². The lowest BCUT2D eigenvalue weighted by atomic mass is 10.2. The van der Waals surface area contributed by atoms with Gasteiger partial charge in [-0.05, 0) is 48.0 Å². The van der Waals surface area contributed by atoms with E-state index in [0.717, 1.165) is 17.3 Å². The fourth-order valence-corrected chi connectivity index (χ4v) is 5.28. The van der Waals surface area contributed by atoms with Gasteiger partial charge in [-0.2, -0.15) is 5.26 Å². The third-order valence-electron chi connectivity index (χ3n) is 4.01. The number of nitrogens with zero attached hydrogens (tertiary/aromatic N) is 1. The third-order valence-corrected chi connectivity index (χ3v) is 7.17. The predicted octanol–water partition coefficient (Wildman–Crippen LogP) is 5.99. The fourth-order valence-electron chi connectivity index (χ4n) is 2.54. The van der Waals surface area contributed by atoms with Gasteiger partial charge in [-0.25, -0.2) is 12.8 Å². The topological polar surface area (TPSA) is 70.0 Å². The van der Waals surface area contributed by atoms with E-state index < -0.39 is 14.7 Å². The van der Waals surface area contributed by atoms with Gasteiger partial charge in [0, 0.05) is 16.5 Å². The molecule has 8 heteroatoms. The predicted molar refractivity (Wildman–Crippen MR) is 119 cm³/mol. The first-order chi connectivity index (χ1) is 14.4.